The normalized spacial score (nSPS) is 22.3. The lowest BCUT2D eigenvalue weighted by molar-refractivity contribution is -0.117. The van der Waals surface area contributed by atoms with Crippen LogP contribution in [0.4, 0.5) is 11.4 Å². The molecule has 2 heterocycles. The van der Waals surface area contributed by atoms with Gasteiger partial charge >= 0.3 is 0 Å². The van der Waals surface area contributed by atoms with Crippen LogP contribution >= 0.6 is 0 Å². The summed E-state index contributed by atoms with van der Waals surface area (Å²) in [6, 6.07) is 1.87. The molecule has 1 aromatic heterocycles. The zero-order valence-corrected chi connectivity index (χ0v) is 11.3. The molecule has 1 aliphatic rings. The van der Waals surface area contributed by atoms with Gasteiger partial charge in [0.05, 0.1) is 29.9 Å². The van der Waals surface area contributed by atoms with Gasteiger partial charge in [0, 0.05) is 39.5 Å². The highest BCUT2D eigenvalue weighted by atomic mass is 16.3. The van der Waals surface area contributed by atoms with Crippen molar-refractivity contribution in [3.05, 3.63) is 18.5 Å². The van der Waals surface area contributed by atoms with Crippen molar-refractivity contribution in [2.75, 3.05) is 37.4 Å². The highest BCUT2D eigenvalue weighted by Gasteiger charge is 2.26. The fourth-order valence-corrected chi connectivity index (χ4v) is 2.12. The summed E-state index contributed by atoms with van der Waals surface area (Å²) >= 11 is 0. The van der Waals surface area contributed by atoms with Gasteiger partial charge < -0.3 is 20.6 Å². The second-order valence-corrected chi connectivity index (χ2v) is 5.06. The number of aliphatic hydroxyl groups is 1. The molecule has 1 saturated heterocycles. The van der Waals surface area contributed by atoms with Crippen LogP contribution in [0.5, 0.6) is 0 Å². The number of nitrogens with zero attached hydrogens (tertiary/aromatic N) is 2. The number of carbonyl (C=O) groups excluding carboxylic acids is 1. The van der Waals surface area contributed by atoms with Gasteiger partial charge in [-0.2, -0.15) is 0 Å². The Hall–Kier alpha value is -1.66. The first kappa shape index (κ1) is 13.8. The molecule has 1 fully saturated rings. The number of aromatic nitrogens is 1. The molecule has 19 heavy (non-hydrogen) atoms. The fraction of sp³-hybridized carbons (Fsp3) is 0.538. The van der Waals surface area contributed by atoms with Crippen LogP contribution in [0.2, 0.25) is 0 Å². The first-order chi connectivity index (χ1) is 9.06. The molecule has 0 saturated carbocycles. The minimum Gasteiger partial charge on any atom is -0.391 e. The van der Waals surface area contributed by atoms with E-state index in [0.717, 1.165) is 5.69 Å². The molecule has 0 aromatic carbocycles. The van der Waals surface area contributed by atoms with Crippen molar-refractivity contribution in [3.63, 3.8) is 0 Å². The fourth-order valence-electron chi connectivity index (χ4n) is 2.12. The number of amides is 1. The average molecular weight is 264 g/mol. The predicted octanol–water partition coefficient (Wildman–Crippen LogP) is 0.0565. The van der Waals surface area contributed by atoms with Crippen LogP contribution in [-0.2, 0) is 4.79 Å². The summed E-state index contributed by atoms with van der Waals surface area (Å²) in [6.45, 7) is 1.25. The summed E-state index contributed by atoms with van der Waals surface area (Å²) in [7, 11) is 3.84. The quantitative estimate of drug-likeness (QED) is 0.716. The number of carbonyl (C=O) groups is 1. The largest absolute Gasteiger partial charge is 0.391 e. The molecule has 3 N–H and O–H groups in total. The van der Waals surface area contributed by atoms with Crippen molar-refractivity contribution in [2.24, 2.45) is 5.92 Å². The SMILES string of the molecule is CN(C)c1cncc(NC(=O)C[C@@H]2CNC[C@H]2O)c1. The van der Waals surface area contributed by atoms with E-state index in [2.05, 4.69) is 15.6 Å². The summed E-state index contributed by atoms with van der Waals surface area (Å²) in [6.07, 6.45) is 3.24. The van der Waals surface area contributed by atoms with Crippen LogP contribution in [0.3, 0.4) is 0 Å². The number of hydrogen-bond donors (Lipinski definition) is 3. The second-order valence-electron chi connectivity index (χ2n) is 5.06. The van der Waals surface area contributed by atoms with E-state index in [1.165, 1.54) is 0 Å². The molecule has 6 heteroatoms. The maximum atomic E-state index is 11.9. The van der Waals surface area contributed by atoms with E-state index >= 15 is 0 Å². The van der Waals surface area contributed by atoms with Crippen molar-refractivity contribution < 1.29 is 9.90 Å². The highest BCUT2D eigenvalue weighted by Crippen LogP contribution is 2.17. The molecule has 0 bridgehead atoms. The third-order valence-corrected chi connectivity index (χ3v) is 3.28. The van der Waals surface area contributed by atoms with Gasteiger partial charge in [0.25, 0.3) is 0 Å². The van der Waals surface area contributed by atoms with Gasteiger partial charge in [-0.1, -0.05) is 0 Å². The molecule has 0 aliphatic carbocycles. The Morgan fingerprint density at radius 1 is 1.53 bits per heavy atom. The van der Waals surface area contributed by atoms with E-state index in [0.29, 0.717) is 25.2 Å². The Morgan fingerprint density at radius 3 is 2.95 bits per heavy atom. The first-order valence-corrected chi connectivity index (χ1v) is 6.37. The van der Waals surface area contributed by atoms with Gasteiger partial charge in [-0.3, -0.25) is 9.78 Å². The molecule has 0 radical (unpaired) electrons. The number of anilines is 2. The molecule has 2 atom stereocenters. The van der Waals surface area contributed by atoms with Crippen molar-refractivity contribution in [3.8, 4) is 0 Å². The lowest BCUT2D eigenvalue weighted by Crippen LogP contribution is -2.24. The molecule has 0 unspecified atom stereocenters. The van der Waals surface area contributed by atoms with Crippen molar-refractivity contribution in [1.29, 1.82) is 0 Å². The first-order valence-electron chi connectivity index (χ1n) is 6.37. The molecule has 1 aromatic rings. The molecule has 1 aliphatic heterocycles. The zero-order valence-electron chi connectivity index (χ0n) is 11.3. The predicted molar refractivity (Wildman–Crippen MR) is 74.2 cm³/mol. The summed E-state index contributed by atoms with van der Waals surface area (Å²) in [5.41, 5.74) is 1.61. The van der Waals surface area contributed by atoms with Crippen LogP contribution in [0.1, 0.15) is 6.42 Å². The summed E-state index contributed by atoms with van der Waals surface area (Å²) < 4.78 is 0. The van der Waals surface area contributed by atoms with Crippen LogP contribution < -0.4 is 15.5 Å². The van der Waals surface area contributed by atoms with Gasteiger partial charge in [0.15, 0.2) is 0 Å². The number of aliphatic hydroxyl groups excluding tert-OH is 1. The maximum absolute atomic E-state index is 11.9. The Balaban J connectivity index is 1.93. The van der Waals surface area contributed by atoms with Crippen LogP contribution in [0.15, 0.2) is 18.5 Å². The standard InChI is InChI=1S/C13H20N4O2/c1-17(2)11-4-10(6-15-7-11)16-13(19)3-9-5-14-8-12(9)18/h4,6-7,9,12,14,18H,3,5,8H2,1-2H3,(H,16,19)/t9-,12-/m1/s1. The third kappa shape index (κ3) is 3.65. The second kappa shape index (κ2) is 5.99. The number of pyridine rings is 1. The Labute approximate surface area is 112 Å². The lowest BCUT2D eigenvalue weighted by atomic mass is 10.0. The van der Waals surface area contributed by atoms with E-state index in [1.807, 2.05) is 25.1 Å². The van der Waals surface area contributed by atoms with Gasteiger partial charge in [-0.05, 0) is 6.07 Å². The lowest BCUT2D eigenvalue weighted by Gasteiger charge is -2.15. The monoisotopic (exact) mass is 264 g/mol. The smallest absolute Gasteiger partial charge is 0.224 e. The minimum absolute atomic E-state index is 0.00927. The van der Waals surface area contributed by atoms with Gasteiger partial charge in [-0.25, -0.2) is 0 Å². The molecule has 1 amide bonds. The summed E-state index contributed by atoms with van der Waals surface area (Å²) in [4.78, 5) is 17.9. The van der Waals surface area contributed by atoms with E-state index in [4.69, 9.17) is 0 Å². The topological polar surface area (TPSA) is 77.5 Å². The van der Waals surface area contributed by atoms with E-state index < -0.39 is 6.10 Å². The number of rotatable bonds is 4. The molecule has 2 rings (SSSR count). The van der Waals surface area contributed by atoms with Crippen molar-refractivity contribution in [2.45, 2.75) is 12.5 Å². The van der Waals surface area contributed by atoms with E-state index in [1.54, 1.807) is 12.4 Å². The minimum atomic E-state index is -0.433. The van der Waals surface area contributed by atoms with Crippen molar-refractivity contribution >= 4 is 17.3 Å². The number of hydrogen-bond acceptors (Lipinski definition) is 5. The maximum Gasteiger partial charge on any atom is 0.224 e. The highest BCUT2D eigenvalue weighted by molar-refractivity contribution is 5.91. The zero-order chi connectivity index (χ0) is 13.8. The Morgan fingerprint density at radius 2 is 2.32 bits per heavy atom. The number of β-amino-alcohol motifs (C(OH)–C–C–N with tert-alkyl or cyclic N) is 1. The molecule has 6 nitrogen and oxygen atoms in total. The summed E-state index contributed by atoms with van der Waals surface area (Å²) in [5.74, 6) is -0.101. The average Bonchev–Trinajstić information content (AvgIpc) is 2.75. The summed E-state index contributed by atoms with van der Waals surface area (Å²) in [5, 5.41) is 15.5. The van der Waals surface area contributed by atoms with Crippen LogP contribution in [-0.4, -0.2) is 49.3 Å². The van der Waals surface area contributed by atoms with Crippen LogP contribution in [0.25, 0.3) is 0 Å². The van der Waals surface area contributed by atoms with Crippen LogP contribution in [0, 0.1) is 5.92 Å². The van der Waals surface area contributed by atoms with E-state index in [9.17, 15) is 9.90 Å². The van der Waals surface area contributed by atoms with Crippen molar-refractivity contribution in [1.82, 2.24) is 10.3 Å². The molecular formula is C13H20N4O2. The molecule has 104 valence electrons. The Kier molecular flexibility index (Phi) is 4.34. The van der Waals surface area contributed by atoms with E-state index in [-0.39, 0.29) is 11.8 Å². The Bertz CT molecular complexity index is 450. The third-order valence-electron chi connectivity index (χ3n) is 3.28. The molecule has 0 spiro atoms. The van der Waals surface area contributed by atoms with Gasteiger partial charge in [0.1, 0.15) is 0 Å². The van der Waals surface area contributed by atoms with Gasteiger partial charge in [-0.15, -0.1) is 0 Å². The molecular weight excluding hydrogens is 244 g/mol. The van der Waals surface area contributed by atoms with Gasteiger partial charge in [0.2, 0.25) is 5.91 Å². The number of nitrogens with one attached hydrogen (secondary N) is 2.